The van der Waals surface area contributed by atoms with Crippen molar-refractivity contribution in [2.75, 3.05) is 19.7 Å². The minimum Gasteiger partial charge on any atom is -0.375 e. The lowest BCUT2D eigenvalue weighted by Gasteiger charge is -2.22. The number of carbonyl (C=O) groups excluding carboxylic acids is 1. The van der Waals surface area contributed by atoms with Crippen molar-refractivity contribution < 1.29 is 9.53 Å². The summed E-state index contributed by atoms with van der Waals surface area (Å²) in [7, 11) is 0. The lowest BCUT2D eigenvalue weighted by Crippen LogP contribution is -2.39. The molecule has 0 radical (unpaired) electrons. The topological polar surface area (TPSA) is 56.2 Å². The third-order valence-electron chi connectivity index (χ3n) is 2.72. The van der Waals surface area contributed by atoms with E-state index in [9.17, 15) is 4.79 Å². The maximum Gasteiger partial charge on any atom is 0.200 e. The summed E-state index contributed by atoms with van der Waals surface area (Å²) < 4.78 is 7.36. The van der Waals surface area contributed by atoms with Crippen molar-refractivity contribution in [3.8, 4) is 0 Å². The van der Waals surface area contributed by atoms with Gasteiger partial charge in [-0.05, 0) is 6.92 Å². The van der Waals surface area contributed by atoms with Gasteiger partial charge in [0.2, 0.25) is 5.78 Å². The molecule has 5 nitrogen and oxygen atoms in total. The number of nitrogens with one attached hydrogen (secondary N) is 1. The van der Waals surface area contributed by atoms with Gasteiger partial charge in [0.15, 0.2) is 5.82 Å². The first kappa shape index (κ1) is 11.3. The molecule has 1 atom stereocenters. The van der Waals surface area contributed by atoms with E-state index < -0.39 is 0 Å². The Morgan fingerprint density at radius 1 is 1.75 bits per heavy atom. The predicted molar refractivity (Wildman–Crippen MR) is 59.5 cm³/mol. The predicted octanol–water partition coefficient (Wildman–Crippen LogP) is 0.464. The summed E-state index contributed by atoms with van der Waals surface area (Å²) in [4.78, 5) is 16.1. The quantitative estimate of drug-likeness (QED) is 0.754. The smallest absolute Gasteiger partial charge is 0.200 e. The van der Waals surface area contributed by atoms with Crippen molar-refractivity contribution in [3.05, 3.63) is 18.2 Å². The molecule has 2 heterocycles. The number of imidazole rings is 1. The third-order valence-corrected chi connectivity index (χ3v) is 2.72. The van der Waals surface area contributed by atoms with Gasteiger partial charge in [0.1, 0.15) is 0 Å². The van der Waals surface area contributed by atoms with E-state index in [0.717, 1.165) is 19.6 Å². The zero-order valence-corrected chi connectivity index (χ0v) is 9.48. The fraction of sp³-hybridized carbons (Fsp3) is 0.636. The Hall–Kier alpha value is -1.20. The first-order valence-corrected chi connectivity index (χ1v) is 5.68. The molecule has 0 saturated carbocycles. The van der Waals surface area contributed by atoms with Crippen LogP contribution in [0.1, 0.15) is 24.0 Å². The van der Waals surface area contributed by atoms with Crippen molar-refractivity contribution in [3.63, 3.8) is 0 Å². The van der Waals surface area contributed by atoms with E-state index in [2.05, 4.69) is 10.3 Å². The van der Waals surface area contributed by atoms with E-state index in [1.54, 1.807) is 6.20 Å². The Kier molecular flexibility index (Phi) is 3.69. The molecular formula is C11H17N3O2. The highest BCUT2D eigenvalue weighted by atomic mass is 16.5. The van der Waals surface area contributed by atoms with Crippen molar-refractivity contribution in [2.45, 2.75) is 26.0 Å². The fourth-order valence-corrected chi connectivity index (χ4v) is 1.87. The number of morpholine rings is 1. The van der Waals surface area contributed by atoms with Crippen molar-refractivity contribution in [2.24, 2.45) is 0 Å². The molecule has 88 valence electrons. The molecule has 0 bridgehead atoms. The number of nitrogens with zero attached hydrogens (tertiary/aromatic N) is 2. The molecule has 0 aliphatic carbocycles. The standard InChI is InChI=1S/C11H17N3O2/c1-2-14-5-3-13-11(14)10(15)7-9-8-12-4-6-16-9/h3,5,9,12H,2,4,6-8H2,1H3. The maximum atomic E-state index is 12.0. The zero-order valence-electron chi connectivity index (χ0n) is 9.48. The van der Waals surface area contributed by atoms with Gasteiger partial charge in [-0.15, -0.1) is 0 Å². The molecule has 1 fully saturated rings. The van der Waals surface area contributed by atoms with E-state index in [4.69, 9.17) is 4.74 Å². The van der Waals surface area contributed by atoms with Crippen LogP contribution >= 0.6 is 0 Å². The van der Waals surface area contributed by atoms with Crippen LogP contribution < -0.4 is 5.32 Å². The van der Waals surface area contributed by atoms with Crippen molar-refractivity contribution in [1.82, 2.24) is 14.9 Å². The Balaban J connectivity index is 1.96. The van der Waals surface area contributed by atoms with E-state index in [-0.39, 0.29) is 11.9 Å². The number of ether oxygens (including phenoxy) is 1. The highest BCUT2D eigenvalue weighted by molar-refractivity contribution is 5.93. The molecular weight excluding hydrogens is 206 g/mol. The van der Waals surface area contributed by atoms with Gasteiger partial charge in [0.05, 0.1) is 12.7 Å². The van der Waals surface area contributed by atoms with Gasteiger partial charge < -0.3 is 14.6 Å². The maximum absolute atomic E-state index is 12.0. The summed E-state index contributed by atoms with van der Waals surface area (Å²) in [5.41, 5.74) is 0. The first-order valence-electron chi connectivity index (χ1n) is 5.68. The van der Waals surface area contributed by atoms with Crippen LogP contribution in [0.4, 0.5) is 0 Å². The highest BCUT2D eigenvalue weighted by Crippen LogP contribution is 2.08. The molecule has 0 spiro atoms. The van der Waals surface area contributed by atoms with Crippen molar-refractivity contribution in [1.29, 1.82) is 0 Å². The molecule has 0 amide bonds. The second-order valence-electron chi connectivity index (χ2n) is 3.86. The second-order valence-corrected chi connectivity index (χ2v) is 3.86. The van der Waals surface area contributed by atoms with E-state index in [1.807, 2.05) is 17.7 Å². The van der Waals surface area contributed by atoms with Crippen LogP contribution in [0.3, 0.4) is 0 Å². The summed E-state index contributed by atoms with van der Waals surface area (Å²) in [6, 6.07) is 0. The van der Waals surface area contributed by atoms with Crippen LogP contribution in [0.2, 0.25) is 0 Å². The van der Waals surface area contributed by atoms with Gasteiger partial charge in [-0.2, -0.15) is 0 Å². The van der Waals surface area contributed by atoms with Gasteiger partial charge in [-0.25, -0.2) is 4.98 Å². The molecule has 16 heavy (non-hydrogen) atoms. The fourth-order valence-electron chi connectivity index (χ4n) is 1.87. The lowest BCUT2D eigenvalue weighted by molar-refractivity contribution is 0.0236. The number of rotatable bonds is 4. The largest absolute Gasteiger partial charge is 0.375 e. The molecule has 0 aromatic carbocycles. The van der Waals surface area contributed by atoms with Crippen LogP contribution in [0.5, 0.6) is 0 Å². The van der Waals surface area contributed by atoms with Crippen LogP contribution in [0, 0.1) is 0 Å². The minimum atomic E-state index is -0.0109. The van der Waals surface area contributed by atoms with Gasteiger partial charge >= 0.3 is 0 Å². The van der Waals surface area contributed by atoms with E-state index in [0.29, 0.717) is 18.9 Å². The average Bonchev–Trinajstić information content (AvgIpc) is 2.78. The first-order chi connectivity index (χ1) is 7.81. The monoisotopic (exact) mass is 223 g/mol. The number of ketones is 1. The van der Waals surface area contributed by atoms with Crippen LogP contribution in [0.15, 0.2) is 12.4 Å². The van der Waals surface area contributed by atoms with E-state index >= 15 is 0 Å². The molecule has 1 aromatic heterocycles. The van der Waals surface area contributed by atoms with Gasteiger partial charge in [0, 0.05) is 38.4 Å². The second kappa shape index (κ2) is 5.23. The third kappa shape index (κ3) is 2.48. The van der Waals surface area contributed by atoms with Crippen LogP contribution in [0.25, 0.3) is 0 Å². The molecule has 1 N–H and O–H groups in total. The Labute approximate surface area is 94.8 Å². The van der Waals surface area contributed by atoms with Gasteiger partial charge in [0.25, 0.3) is 0 Å². The molecule has 1 saturated heterocycles. The number of aryl methyl sites for hydroxylation is 1. The van der Waals surface area contributed by atoms with E-state index in [1.165, 1.54) is 0 Å². The molecule has 1 aliphatic heterocycles. The normalized spacial score (nSPS) is 20.9. The van der Waals surface area contributed by atoms with Gasteiger partial charge in [-0.3, -0.25) is 4.79 Å². The number of aromatic nitrogens is 2. The summed E-state index contributed by atoms with van der Waals surface area (Å²) in [6.07, 6.45) is 3.89. The molecule has 1 aromatic rings. The summed E-state index contributed by atoms with van der Waals surface area (Å²) in [5, 5.41) is 3.21. The molecule has 1 aliphatic rings. The number of Topliss-reactive ketones (excluding diaryl/α,β-unsaturated/α-hetero) is 1. The summed E-state index contributed by atoms with van der Waals surface area (Å²) >= 11 is 0. The Bertz CT molecular complexity index is 356. The van der Waals surface area contributed by atoms with Crippen LogP contribution in [-0.2, 0) is 11.3 Å². The zero-order chi connectivity index (χ0) is 11.4. The number of carbonyl (C=O) groups is 1. The minimum absolute atomic E-state index is 0.0109. The van der Waals surface area contributed by atoms with Crippen molar-refractivity contribution >= 4 is 5.78 Å². The number of hydrogen-bond donors (Lipinski definition) is 1. The van der Waals surface area contributed by atoms with Crippen LogP contribution in [-0.4, -0.2) is 41.1 Å². The molecule has 5 heteroatoms. The molecule has 2 rings (SSSR count). The molecule has 1 unspecified atom stereocenters. The summed E-state index contributed by atoms with van der Waals surface area (Å²) in [5.74, 6) is 0.595. The SMILES string of the molecule is CCn1ccnc1C(=O)CC1CNCCO1. The lowest BCUT2D eigenvalue weighted by atomic mass is 10.1. The highest BCUT2D eigenvalue weighted by Gasteiger charge is 2.20. The Morgan fingerprint density at radius 2 is 2.62 bits per heavy atom. The Morgan fingerprint density at radius 3 is 3.31 bits per heavy atom. The van der Waals surface area contributed by atoms with Gasteiger partial charge in [-0.1, -0.05) is 0 Å². The average molecular weight is 223 g/mol. The summed E-state index contributed by atoms with van der Waals surface area (Å²) in [6.45, 7) is 5.06. The number of hydrogen-bond acceptors (Lipinski definition) is 4.